The standard InChI is InChI=1S/C19H21FN2O2/c1-13-8-9-15(10-17(13)20)12-21-19(24)11-18(22-14(2)23)16-6-4-3-5-7-16/h3-10,18H,11-12H2,1-2H3,(H,21,24)(H,22,23). The van der Waals surface area contributed by atoms with Gasteiger partial charge in [0.1, 0.15) is 5.82 Å². The van der Waals surface area contributed by atoms with Crippen LogP contribution in [0.4, 0.5) is 4.39 Å². The monoisotopic (exact) mass is 328 g/mol. The highest BCUT2D eigenvalue weighted by Crippen LogP contribution is 2.16. The largest absolute Gasteiger partial charge is 0.352 e. The Kier molecular flexibility index (Phi) is 6.07. The number of benzene rings is 2. The summed E-state index contributed by atoms with van der Waals surface area (Å²) in [6.45, 7) is 3.36. The van der Waals surface area contributed by atoms with Crippen LogP contribution >= 0.6 is 0 Å². The van der Waals surface area contributed by atoms with E-state index >= 15 is 0 Å². The summed E-state index contributed by atoms with van der Waals surface area (Å²) in [7, 11) is 0. The maximum absolute atomic E-state index is 13.5. The van der Waals surface area contributed by atoms with Crippen molar-refractivity contribution in [2.75, 3.05) is 0 Å². The van der Waals surface area contributed by atoms with Crippen LogP contribution in [0, 0.1) is 12.7 Å². The molecule has 0 bridgehead atoms. The summed E-state index contributed by atoms with van der Waals surface area (Å²) in [5.74, 6) is -0.696. The van der Waals surface area contributed by atoms with Crippen LogP contribution in [0.3, 0.4) is 0 Å². The van der Waals surface area contributed by atoms with E-state index in [1.807, 2.05) is 30.3 Å². The maximum atomic E-state index is 13.5. The van der Waals surface area contributed by atoms with E-state index < -0.39 is 6.04 Å². The van der Waals surface area contributed by atoms with Crippen molar-refractivity contribution in [1.82, 2.24) is 10.6 Å². The van der Waals surface area contributed by atoms with Crippen molar-refractivity contribution in [3.8, 4) is 0 Å². The van der Waals surface area contributed by atoms with Gasteiger partial charge in [0.2, 0.25) is 11.8 Å². The lowest BCUT2D eigenvalue weighted by atomic mass is 10.0. The zero-order valence-corrected chi connectivity index (χ0v) is 13.8. The molecule has 4 nitrogen and oxygen atoms in total. The molecule has 2 N–H and O–H groups in total. The van der Waals surface area contributed by atoms with Gasteiger partial charge in [-0.3, -0.25) is 9.59 Å². The molecule has 0 saturated heterocycles. The Hall–Kier alpha value is -2.69. The van der Waals surface area contributed by atoms with E-state index in [1.54, 1.807) is 19.1 Å². The molecule has 0 fully saturated rings. The number of carbonyl (C=O) groups is 2. The van der Waals surface area contributed by atoms with Gasteiger partial charge in [0.05, 0.1) is 12.5 Å². The van der Waals surface area contributed by atoms with E-state index in [4.69, 9.17) is 0 Å². The quantitative estimate of drug-likeness (QED) is 0.856. The molecule has 0 aromatic heterocycles. The van der Waals surface area contributed by atoms with Gasteiger partial charge in [-0.05, 0) is 29.7 Å². The molecule has 0 aliphatic carbocycles. The van der Waals surface area contributed by atoms with Crippen molar-refractivity contribution >= 4 is 11.8 Å². The Morgan fingerprint density at radius 2 is 1.83 bits per heavy atom. The molecule has 24 heavy (non-hydrogen) atoms. The third kappa shape index (κ3) is 5.19. The molecule has 2 rings (SSSR count). The fraction of sp³-hybridized carbons (Fsp3) is 0.263. The van der Waals surface area contributed by atoms with Gasteiger partial charge in [-0.15, -0.1) is 0 Å². The number of nitrogens with one attached hydrogen (secondary N) is 2. The van der Waals surface area contributed by atoms with Crippen LogP contribution < -0.4 is 10.6 Å². The first-order valence-corrected chi connectivity index (χ1v) is 7.79. The van der Waals surface area contributed by atoms with Gasteiger partial charge in [-0.2, -0.15) is 0 Å². The highest BCUT2D eigenvalue weighted by atomic mass is 19.1. The first kappa shape index (κ1) is 17.7. The summed E-state index contributed by atoms with van der Waals surface area (Å²) in [6.07, 6.45) is 0.123. The normalized spacial score (nSPS) is 11.6. The summed E-state index contributed by atoms with van der Waals surface area (Å²) in [6, 6.07) is 13.8. The zero-order valence-electron chi connectivity index (χ0n) is 13.8. The number of amides is 2. The van der Waals surface area contributed by atoms with E-state index in [2.05, 4.69) is 10.6 Å². The fourth-order valence-corrected chi connectivity index (χ4v) is 2.39. The van der Waals surface area contributed by atoms with Crippen LogP contribution in [0.5, 0.6) is 0 Å². The molecule has 5 heteroatoms. The van der Waals surface area contributed by atoms with Crippen molar-refractivity contribution in [3.05, 3.63) is 71.0 Å². The molecule has 0 aliphatic rings. The summed E-state index contributed by atoms with van der Waals surface area (Å²) < 4.78 is 13.5. The van der Waals surface area contributed by atoms with Crippen molar-refractivity contribution in [3.63, 3.8) is 0 Å². The first-order valence-electron chi connectivity index (χ1n) is 7.79. The number of rotatable bonds is 6. The van der Waals surface area contributed by atoms with Crippen LogP contribution in [0.15, 0.2) is 48.5 Å². The van der Waals surface area contributed by atoms with Crippen molar-refractivity contribution in [1.29, 1.82) is 0 Å². The summed E-state index contributed by atoms with van der Waals surface area (Å²) in [5, 5.41) is 5.54. The number of carbonyl (C=O) groups excluding carboxylic acids is 2. The minimum atomic E-state index is -0.390. The van der Waals surface area contributed by atoms with E-state index in [-0.39, 0.29) is 30.6 Å². The smallest absolute Gasteiger partial charge is 0.222 e. The van der Waals surface area contributed by atoms with Crippen LogP contribution in [0.2, 0.25) is 0 Å². The second-order valence-corrected chi connectivity index (χ2v) is 5.73. The highest BCUT2D eigenvalue weighted by molar-refractivity contribution is 5.79. The second kappa shape index (κ2) is 8.24. The topological polar surface area (TPSA) is 58.2 Å². The Labute approximate surface area is 141 Å². The lowest BCUT2D eigenvalue weighted by molar-refractivity contribution is -0.122. The predicted octanol–water partition coefficient (Wildman–Crippen LogP) is 3.02. The molecular weight excluding hydrogens is 307 g/mol. The highest BCUT2D eigenvalue weighted by Gasteiger charge is 2.16. The third-order valence-corrected chi connectivity index (χ3v) is 3.69. The molecule has 126 valence electrons. The third-order valence-electron chi connectivity index (χ3n) is 3.69. The molecule has 1 unspecified atom stereocenters. The Bertz CT molecular complexity index is 717. The molecule has 2 amide bonds. The van der Waals surface area contributed by atoms with E-state index in [0.717, 1.165) is 5.56 Å². The molecular formula is C19H21FN2O2. The molecule has 0 saturated carbocycles. The predicted molar refractivity (Wildman–Crippen MR) is 90.6 cm³/mol. The lowest BCUT2D eigenvalue weighted by Gasteiger charge is -2.18. The zero-order chi connectivity index (χ0) is 17.5. The van der Waals surface area contributed by atoms with Gasteiger partial charge in [0.15, 0.2) is 0 Å². The van der Waals surface area contributed by atoms with Gasteiger partial charge in [0, 0.05) is 13.5 Å². The van der Waals surface area contributed by atoms with Crippen LogP contribution in [-0.2, 0) is 16.1 Å². The number of hydrogen-bond donors (Lipinski definition) is 2. The van der Waals surface area contributed by atoms with Crippen molar-refractivity contribution in [2.45, 2.75) is 32.9 Å². The lowest BCUT2D eigenvalue weighted by Crippen LogP contribution is -2.32. The SMILES string of the molecule is CC(=O)NC(CC(=O)NCc1ccc(C)c(F)c1)c1ccccc1. The molecule has 0 heterocycles. The average Bonchev–Trinajstić information content (AvgIpc) is 2.56. The molecule has 2 aromatic rings. The van der Waals surface area contributed by atoms with Crippen LogP contribution in [-0.4, -0.2) is 11.8 Å². The number of aryl methyl sites for hydroxylation is 1. The average molecular weight is 328 g/mol. The Balaban J connectivity index is 1.97. The summed E-state index contributed by atoms with van der Waals surface area (Å²) in [4.78, 5) is 23.6. The molecule has 2 aromatic carbocycles. The number of halogens is 1. The summed E-state index contributed by atoms with van der Waals surface area (Å²) in [5.41, 5.74) is 2.13. The minimum absolute atomic E-state index is 0.123. The van der Waals surface area contributed by atoms with Gasteiger partial charge >= 0.3 is 0 Å². The van der Waals surface area contributed by atoms with Crippen LogP contribution in [0.25, 0.3) is 0 Å². The van der Waals surface area contributed by atoms with Gasteiger partial charge in [-0.25, -0.2) is 4.39 Å². The maximum Gasteiger partial charge on any atom is 0.222 e. The second-order valence-electron chi connectivity index (χ2n) is 5.73. The Morgan fingerprint density at radius 1 is 1.12 bits per heavy atom. The summed E-state index contributed by atoms with van der Waals surface area (Å²) >= 11 is 0. The van der Waals surface area contributed by atoms with E-state index in [9.17, 15) is 14.0 Å². The molecule has 0 spiro atoms. The number of hydrogen-bond acceptors (Lipinski definition) is 2. The van der Waals surface area contributed by atoms with Gasteiger partial charge < -0.3 is 10.6 Å². The fourth-order valence-electron chi connectivity index (χ4n) is 2.39. The first-order chi connectivity index (χ1) is 11.5. The van der Waals surface area contributed by atoms with Gasteiger partial charge in [-0.1, -0.05) is 42.5 Å². The Morgan fingerprint density at radius 3 is 2.46 bits per heavy atom. The molecule has 0 radical (unpaired) electrons. The van der Waals surface area contributed by atoms with Crippen molar-refractivity contribution < 1.29 is 14.0 Å². The van der Waals surface area contributed by atoms with Crippen LogP contribution in [0.1, 0.15) is 36.1 Å². The molecule has 1 atom stereocenters. The van der Waals surface area contributed by atoms with E-state index in [0.29, 0.717) is 11.1 Å². The molecule has 0 aliphatic heterocycles. The van der Waals surface area contributed by atoms with E-state index in [1.165, 1.54) is 13.0 Å². The van der Waals surface area contributed by atoms with Crippen molar-refractivity contribution in [2.24, 2.45) is 0 Å². The minimum Gasteiger partial charge on any atom is -0.352 e. The van der Waals surface area contributed by atoms with Gasteiger partial charge in [0.25, 0.3) is 0 Å².